The Balaban J connectivity index is 1.98. The molecule has 1 saturated heterocycles. The van der Waals surface area contributed by atoms with Crippen molar-refractivity contribution in [1.82, 2.24) is 5.32 Å². The summed E-state index contributed by atoms with van der Waals surface area (Å²) in [5, 5.41) is 6.37. The molecule has 1 aliphatic rings. The molecule has 1 heterocycles. The quantitative estimate of drug-likeness (QED) is 0.874. The Morgan fingerprint density at radius 2 is 2.21 bits per heavy atom. The molecule has 0 aliphatic carbocycles. The van der Waals surface area contributed by atoms with Crippen LogP contribution in [0.2, 0.25) is 0 Å². The molecular formula is C15H22N2O2. The lowest BCUT2D eigenvalue weighted by Crippen LogP contribution is -2.41. The summed E-state index contributed by atoms with van der Waals surface area (Å²) in [6, 6.07) is 8.29. The number of nitrogens with one attached hydrogen (secondary N) is 2. The Bertz CT molecular complexity index is 426. The van der Waals surface area contributed by atoms with Gasteiger partial charge in [-0.25, -0.2) is 0 Å². The Labute approximate surface area is 114 Å². The van der Waals surface area contributed by atoms with Crippen molar-refractivity contribution in [3.63, 3.8) is 0 Å². The van der Waals surface area contributed by atoms with Crippen molar-refractivity contribution in [3.8, 4) is 0 Å². The van der Waals surface area contributed by atoms with Crippen LogP contribution in [0, 0.1) is 5.92 Å². The first-order valence-electron chi connectivity index (χ1n) is 6.81. The van der Waals surface area contributed by atoms with Gasteiger partial charge in [0.2, 0.25) is 5.91 Å². The SMILES string of the molecule is COCc1ccccc1NC(=O)C1CCC(C)NC1. The monoisotopic (exact) mass is 262 g/mol. The fourth-order valence-corrected chi connectivity index (χ4v) is 2.38. The first-order valence-corrected chi connectivity index (χ1v) is 6.81. The molecule has 0 bridgehead atoms. The highest BCUT2D eigenvalue weighted by molar-refractivity contribution is 5.93. The molecule has 2 unspecified atom stereocenters. The van der Waals surface area contributed by atoms with Crippen LogP contribution in [0.25, 0.3) is 0 Å². The van der Waals surface area contributed by atoms with Gasteiger partial charge in [-0.15, -0.1) is 0 Å². The Morgan fingerprint density at radius 1 is 1.42 bits per heavy atom. The van der Waals surface area contributed by atoms with Crippen molar-refractivity contribution in [2.45, 2.75) is 32.4 Å². The van der Waals surface area contributed by atoms with Crippen LogP contribution < -0.4 is 10.6 Å². The van der Waals surface area contributed by atoms with Crippen molar-refractivity contribution < 1.29 is 9.53 Å². The molecule has 1 aliphatic heterocycles. The van der Waals surface area contributed by atoms with Gasteiger partial charge in [-0.1, -0.05) is 18.2 Å². The third-order valence-corrected chi connectivity index (χ3v) is 3.61. The highest BCUT2D eigenvalue weighted by Gasteiger charge is 2.24. The van der Waals surface area contributed by atoms with Gasteiger partial charge < -0.3 is 15.4 Å². The fraction of sp³-hybridized carbons (Fsp3) is 0.533. The topological polar surface area (TPSA) is 50.4 Å². The van der Waals surface area contributed by atoms with E-state index in [0.29, 0.717) is 12.6 Å². The van der Waals surface area contributed by atoms with E-state index in [4.69, 9.17) is 4.74 Å². The highest BCUT2D eigenvalue weighted by atomic mass is 16.5. The van der Waals surface area contributed by atoms with Gasteiger partial charge in [0.25, 0.3) is 0 Å². The van der Waals surface area contributed by atoms with Gasteiger partial charge in [-0.2, -0.15) is 0 Å². The molecule has 4 heteroatoms. The summed E-state index contributed by atoms with van der Waals surface area (Å²) in [4.78, 5) is 12.2. The number of anilines is 1. The molecule has 0 saturated carbocycles. The minimum atomic E-state index is 0.0619. The minimum Gasteiger partial charge on any atom is -0.380 e. The van der Waals surface area contributed by atoms with Crippen LogP contribution in [-0.4, -0.2) is 25.6 Å². The van der Waals surface area contributed by atoms with Crippen LogP contribution in [0.3, 0.4) is 0 Å². The lowest BCUT2D eigenvalue weighted by Gasteiger charge is -2.27. The second-order valence-electron chi connectivity index (χ2n) is 5.16. The summed E-state index contributed by atoms with van der Waals surface area (Å²) < 4.78 is 5.15. The van der Waals surface area contributed by atoms with E-state index in [0.717, 1.165) is 30.6 Å². The third kappa shape index (κ3) is 3.78. The number of hydrogen-bond donors (Lipinski definition) is 2. The predicted octanol–water partition coefficient (Wildman–Crippen LogP) is 2.16. The van der Waals surface area contributed by atoms with Crippen LogP contribution in [0.4, 0.5) is 5.69 Å². The molecule has 19 heavy (non-hydrogen) atoms. The van der Waals surface area contributed by atoms with Crippen LogP contribution in [0.1, 0.15) is 25.3 Å². The van der Waals surface area contributed by atoms with Gasteiger partial charge in [0.15, 0.2) is 0 Å². The first kappa shape index (κ1) is 14.0. The maximum absolute atomic E-state index is 12.2. The number of carbonyl (C=O) groups is 1. The van der Waals surface area contributed by atoms with E-state index in [9.17, 15) is 4.79 Å². The van der Waals surface area contributed by atoms with E-state index < -0.39 is 0 Å². The summed E-state index contributed by atoms with van der Waals surface area (Å²) in [6.45, 7) is 3.43. The highest BCUT2D eigenvalue weighted by Crippen LogP contribution is 2.20. The zero-order chi connectivity index (χ0) is 13.7. The zero-order valence-corrected chi connectivity index (χ0v) is 11.6. The standard InChI is InChI=1S/C15H22N2O2/c1-11-7-8-12(9-16-11)15(18)17-14-6-4-3-5-13(14)10-19-2/h3-6,11-12,16H,7-10H2,1-2H3,(H,17,18). The molecule has 2 atom stereocenters. The molecule has 1 fully saturated rings. The number of para-hydroxylation sites is 1. The summed E-state index contributed by atoms with van der Waals surface area (Å²) in [6.07, 6.45) is 2.00. The molecule has 4 nitrogen and oxygen atoms in total. The Morgan fingerprint density at radius 3 is 2.89 bits per heavy atom. The number of piperidine rings is 1. The molecule has 2 rings (SSSR count). The molecule has 0 aromatic heterocycles. The van der Waals surface area contributed by atoms with E-state index in [1.54, 1.807) is 7.11 Å². The maximum Gasteiger partial charge on any atom is 0.228 e. The maximum atomic E-state index is 12.2. The molecule has 104 valence electrons. The lowest BCUT2D eigenvalue weighted by atomic mass is 9.94. The number of hydrogen-bond acceptors (Lipinski definition) is 3. The smallest absolute Gasteiger partial charge is 0.228 e. The number of ether oxygens (including phenoxy) is 1. The number of methoxy groups -OCH3 is 1. The molecule has 1 amide bonds. The number of rotatable bonds is 4. The van der Waals surface area contributed by atoms with Crippen LogP contribution >= 0.6 is 0 Å². The number of benzene rings is 1. The predicted molar refractivity (Wildman–Crippen MR) is 76.0 cm³/mol. The Kier molecular flexibility index (Phi) is 4.93. The number of carbonyl (C=O) groups excluding carboxylic acids is 1. The number of amides is 1. The van der Waals surface area contributed by atoms with Gasteiger partial charge in [-0.05, 0) is 25.8 Å². The lowest BCUT2D eigenvalue weighted by molar-refractivity contribution is -0.120. The van der Waals surface area contributed by atoms with Crippen molar-refractivity contribution in [2.24, 2.45) is 5.92 Å². The summed E-state index contributed by atoms with van der Waals surface area (Å²) in [5.74, 6) is 0.162. The molecular weight excluding hydrogens is 240 g/mol. The van der Waals surface area contributed by atoms with Crippen molar-refractivity contribution >= 4 is 11.6 Å². The zero-order valence-electron chi connectivity index (χ0n) is 11.6. The molecule has 1 aromatic rings. The van der Waals surface area contributed by atoms with Crippen molar-refractivity contribution in [2.75, 3.05) is 19.0 Å². The molecule has 2 N–H and O–H groups in total. The van der Waals surface area contributed by atoms with Gasteiger partial charge in [0.05, 0.1) is 12.5 Å². The summed E-state index contributed by atoms with van der Waals surface area (Å²) in [5.41, 5.74) is 1.86. The summed E-state index contributed by atoms with van der Waals surface area (Å²) in [7, 11) is 1.66. The minimum absolute atomic E-state index is 0.0619. The van der Waals surface area contributed by atoms with E-state index >= 15 is 0 Å². The molecule has 0 spiro atoms. The fourth-order valence-electron chi connectivity index (χ4n) is 2.38. The van der Waals surface area contributed by atoms with Gasteiger partial charge in [-0.3, -0.25) is 4.79 Å². The van der Waals surface area contributed by atoms with Gasteiger partial charge in [0, 0.05) is 30.9 Å². The molecule has 1 aromatic carbocycles. The van der Waals surface area contributed by atoms with E-state index in [-0.39, 0.29) is 11.8 Å². The Hall–Kier alpha value is -1.39. The van der Waals surface area contributed by atoms with Crippen molar-refractivity contribution in [1.29, 1.82) is 0 Å². The molecule has 0 radical (unpaired) electrons. The van der Waals surface area contributed by atoms with Crippen LogP contribution in [0.5, 0.6) is 0 Å². The van der Waals surface area contributed by atoms with Crippen LogP contribution in [-0.2, 0) is 16.1 Å². The second-order valence-corrected chi connectivity index (χ2v) is 5.16. The average molecular weight is 262 g/mol. The average Bonchev–Trinajstić information content (AvgIpc) is 2.42. The van der Waals surface area contributed by atoms with Gasteiger partial charge >= 0.3 is 0 Å². The first-order chi connectivity index (χ1) is 9.20. The van der Waals surface area contributed by atoms with Crippen LogP contribution in [0.15, 0.2) is 24.3 Å². The van der Waals surface area contributed by atoms with Crippen molar-refractivity contribution in [3.05, 3.63) is 29.8 Å². The normalized spacial score (nSPS) is 23.1. The third-order valence-electron chi connectivity index (χ3n) is 3.61. The van der Waals surface area contributed by atoms with E-state index in [1.807, 2.05) is 24.3 Å². The largest absolute Gasteiger partial charge is 0.380 e. The van der Waals surface area contributed by atoms with E-state index in [1.165, 1.54) is 0 Å². The van der Waals surface area contributed by atoms with E-state index in [2.05, 4.69) is 17.6 Å². The summed E-state index contributed by atoms with van der Waals surface area (Å²) >= 11 is 0. The second kappa shape index (κ2) is 6.68. The van der Waals surface area contributed by atoms with Gasteiger partial charge in [0.1, 0.15) is 0 Å².